The van der Waals surface area contributed by atoms with Crippen molar-refractivity contribution in [1.82, 2.24) is 15.5 Å². The van der Waals surface area contributed by atoms with Crippen LogP contribution in [0.15, 0.2) is 36.4 Å². The van der Waals surface area contributed by atoms with Gasteiger partial charge in [-0.25, -0.2) is 9.59 Å². The molecule has 0 radical (unpaired) electrons. The van der Waals surface area contributed by atoms with Crippen LogP contribution < -0.4 is 16.0 Å². The smallest absolute Gasteiger partial charge is 0.411 e. The van der Waals surface area contributed by atoms with Crippen molar-refractivity contribution in [3.8, 4) is 11.3 Å². The van der Waals surface area contributed by atoms with Crippen molar-refractivity contribution in [2.75, 3.05) is 17.7 Å². The first-order chi connectivity index (χ1) is 16.5. The molecular weight excluding hydrogens is 474 g/mol. The molecule has 11 heteroatoms. The third-order valence-electron chi connectivity index (χ3n) is 5.04. The highest BCUT2D eigenvalue weighted by atomic mass is 35.5. The third-order valence-corrected chi connectivity index (χ3v) is 5.33. The van der Waals surface area contributed by atoms with Gasteiger partial charge in [-0.2, -0.15) is 0 Å². The fraction of sp³-hybridized carbons (Fsp3) is 0.375. The predicted molar refractivity (Wildman–Crippen MR) is 132 cm³/mol. The van der Waals surface area contributed by atoms with Crippen molar-refractivity contribution in [3.05, 3.63) is 47.1 Å². The van der Waals surface area contributed by atoms with Gasteiger partial charge in [0.1, 0.15) is 5.60 Å². The number of nitrogens with one attached hydrogen (secondary N) is 3. The van der Waals surface area contributed by atoms with Gasteiger partial charge in [0.25, 0.3) is 0 Å². The summed E-state index contributed by atoms with van der Waals surface area (Å²) in [5, 5.41) is 16.7. The highest BCUT2D eigenvalue weighted by molar-refractivity contribution is 6.30. The molecule has 10 nitrogen and oxygen atoms in total. The van der Waals surface area contributed by atoms with E-state index in [0.29, 0.717) is 34.6 Å². The summed E-state index contributed by atoms with van der Waals surface area (Å²) in [5.74, 6) is -0.751. The minimum Gasteiger partial charge on any atom is -0.453 e. The minimum absolute atomic E-state index is 0.128. The molecule has 0 saturated carbocycles. The first-order valence-electron chi connectivity index (χ1n) is 11.0. The van der Waals surface area contributed by atoms with Gasteiger partial charge in [-0.05, 0) is 51.5 Å². The summed E-state index contributed by atoms with van der Waals surface area (Å²) in [4.78, 5) is 37.0. The van der Waals surface area contributed by atoms with E-state index in [0.717, 1.165) is 0 Å². The Morgan fingerprint density at radius 1 is 1.17 bits per heavy atom. The number of nitrogens with zero attached hydrogens (tertiary/aromatic N) is 2. The molecule has 2 aromatic rings. The summed E-state index contributed by atoms with van der Waals surface area (Å²) in [7, 11) is 1.26. The van der Waals surface area contributed by atoms with Gasteiger partial charge in [-0.3, -0.25) is 10.1 Å². The van der Waals surface area contributed by atoms with Crippen LogP contribution in [0.4, 0.5) is 21.0 Å². The molecule has 186 valence electrons. The van der Waals surface area contributed by atoms with Gasteiger partial charge in [0, 0.05) is 16.8 Å². The number of carbonyl (C=O) groups excluding carboxylic acids is 3. The Hall–Kier alpha value is -3.66. The van der Waals surface area contributed by atoms with Crippen molar-refractivity contribution in [1.29, 1.82) is 0 Å². The summed E-state index contributed by atoms with van der Waals surface area (Å²) < 4.78 is 10.1. The zero-order valence-corrected chi connectivity index (χ0v) is 20.9. The van der Waals surface area contributed by atoms with E-state index in [4.69, 9.17) is 16.3 Å². The van der Waals surface area contributed by atoms with Crippen LogP contribution in [0.1, 0.15) is 45.7 Å². The molecule has 3 N–H and O–H groups in total. The fourth-order valence-electron chi connectivity index (χ4n) is 3.35. The lowest BCUT2D eigenvalue weighted by molar-refractivity contribution is -0.118. The average molecular weight is 502 g/mol. The van der Waals surface area contributed by atoms with E-state index < -0.39 is 29.7 Å². The molecule has 2 heterocycles. The number of anilines is 2. The van der Waals surface area contributed by atoms with Gasteiger partial charge in [0.15, 0.2) is 5.15 Å². The number of hydrogen-bond donors (Lipinski definition) is 3. The van der Waals surface area contributed by atoms with Crippen molar-refractivity contribution < 1.29 is 23.9 Å². The van der Waals surface area contributed by atoms with E-state index in [1.54, 1.807) is 64.1 Å². The number of carbonyl (C=O) groups is 3. The van der Waals surface area contributed by atoms with Crippen LogP contribution in [0.5, 0.6) is 0 Å². The summed E-state index contributed by atoms with van der Waals surface area (Å²) in [5.41, 5.74) is 1.64. The summed E-state index contributed by atoms with van der Waals surface area (Å²) >= 11 is 6.39. The maximum absolute atomic E-state index is 12.9. The molecule has 3 rings (SSSR count). The third kappa shape index (κ3) is 6.92. The Labute approximate surface area is 208 Å². The number of alkyl carbamates (subject to hydrolysis) is 1. The van der Waals surface area contributed by atoms with Crippen molar-refractivity contribution in [2.45, 2.75) is 45.8 Å². The van der Waals surface area contributed by atoms with Gasteiger partial charge in [0.2, 0.25) is 5.91 Å². The zero-order chi connectivity index (χ0) is 25.8. The molecule has 0 fully saturated rings. The van der Waals surface area contributed by atoms with E-state index in [9.17, 15) is 14.4 Å². The molecule has 0 spiro atoms. The van der Waals surface area contributed by atoms with Gasteiger partial charge in [-0.15, -0.1) is 10.2 Å². The monoisotopic (exact) mass is 501 g/mol. The molecule has 1 aliphatic rings. The van der Waals surface area contributed by atoms with Crippen LogP contribution >= 0.6 is 11.6 Å². The average Bonchev–Trinajstić information content (AvgIpc) is 2.77. The normalized spacial score (nSPS) is 17.7. The van der Waals surface area contributed by atoms with Crippen LogP contribution in [-0.4, -0.2) is 41.0 Å². The van der Waals surface area contributed by atoms with Crippen LogP contribution in [0.2, 0.25) is 5.15 Å². The number of benzene rings is 1. The number of ether oxygens (including phenoxy) is 2. The van der Waals surface area contributed by atoms with Crippen LogP contribution in [0.25, 0.3) is 11.3 Å². The van der Waals surface area contributed by atoms with Crippen molar-refractivity contribution in [2.24, 2.45) is 5.92 Å². The SMILES string of the molecule is COC(=O)Nc1ccc2c(c1)NC(=O)C(C)C=CC[C@H](NC(=O)OC(C)(C)C)c1cc-2nnc1Cl. The highest BCUT2D eigenvalue weighted by Gasteiger charge is 2.24. The maximum atomic E-state index is 12.9. The molecule has 1 aliphatic heterocycles. The number of halogens is 1. The molecule has 35 heavy (non-hydrogen) atoms. The number of methoxy groups -OCH3 is 1. The first kappa shape index (κ1) is 26.0. The van der Waals surface area contributed by atoms with E-state index in [2.05, 4.69) is 30.9 Å². The number of hydrogen-bond acceptors (Lipinski definition) is 7. The van der Waals surface area contributed by atoms with E-state index >= 15 is 0 Å². The lowest BCUT2D eigenvalue weighted by Crippen LogP contribution is -2.35. The molecule has 3 amide bonds. The molecule has 1 aromatic carbocycles. The van der Waals surface area contributed by atoms with E-state index in [1.165, 1.54) is 7.11 Å². The number of rotatable bonds is 2. The molecule has 1 aromatic heterocycles. The zero-order valence-electron chi connectivity index (χ0n) is 20.1. The lowest BCUT2D eigenvalue weighted by Gasteiger charge is -2.24. The van der Waals surface area contributed by atoms with Gasteiger partial charge < -0.3 is 20.1 Å². The molecule has 0 aliphatic carbocycles. The second-order valence-corrected chi connectivity index (χ2v) is 9.35. The highest BCUT2D eigenvalue weighted by Crippen LogP contribution is 2.34. The quantitative estimate of drug-likeness (QED) is 0.489. The summed E-state index contributed by atoms with van der Waals surface area (Å²) in [6.07, 6.45) is 2.62. The Kier molecular flexibility index (Phi) is 7.96. The Balaban J connectivity index is 2.09. The molecule has 0 saturated heterocycles. The minimum atomic E-state index is -0.682. The Morgan fingerprint density at radius 3 is 2.60 bits per heavy atom. The van der Waals surface area contributed by atoms with Crippen LogP contribution in [0.3, 0.4) is 0 Å². The first-order valence-corrected chi connectivity index (χ1v) is 11.3. The fourth-order valence-corrected chi connectivity index (χ4v) is 3.58. The summed E-state index contributed by atoms with van der Waals surface area (Å²) in [6.45, 7) is 7.06. The largest absolute Gasteiger partial charge is 0.453 e. The van der Waals surface area contributed by atoms with E-state index in [1.807, 2.05) is 0 Å². The van der Waals surface area contributed by atoms with Crippen LogP contribution in [-0.2, 0) is 14.3 Å². The standard InChI is InChI=1S/C24H28ClN5O5/c1-13-7-6-8-17(28-23(33)35-24(2,3)4)16-12-19(29-30-20(16)25)15-10-9-14(26-22(32)34-5)11-18(15)27-21(13)31/h6-7,9-13,17H,8H2,1-5H3,(H,26,32)(H,27,31)(H,28,33)/t13?,17-/m0/s1. The Morgan fingerprint density at radius 2 is 1.91 bits per heavy atom. The number of amides is 3. The molecule has 2 atom stereocenters. The topological polar surface area (TPSA) is 132 Å². The second-order valence-electron chi connectivity index (χ2n) is 8.99. The second kappa shape index (κ2) is 10.7. The van der Waals surface area contributed by atoms with Crippen molar-refractivity contribution in [3.63, 3.8) is 0 Å². The van der Waals surface area contributed by atoms with Gasteiger partial charge in [0.05, 0.1) is 30.5 Å². The maximum Gasteiger partial charge on any atom is 0.411 e. The number of aromatic nitrogens is 2. The van der Waals surface area contributed by atoms with E-state index in [-0.39, 0.29) is 11.1 Å². The molecule has 1 unspecified atom stereocenters. The lowest BCUT2D eigenvalue weighted by atomic mass is 9.99. The molecule has 2 bridgehead atoms. The number of fused-ring (bicyclic) bond motifs is 4. The molecular formula is C24H28ClN5O5. The van der Waals surface area contributed by atoms with Crippen LogP contribution in [0, 0.1) is 5.92 Å². The van der Waals surface area contributed by atoms with Gasteiger partial charge in [-0.1, -0.05) is 30.7 Å². The van der Waals surface area contributed by atoms with Gasteiger partial charge >= 0.3 is 12.2 Å². The summed E-state index contributed by atoms with van der Waals surface area (Å²) in [6, 6.07) is 6.04. The predicted octanol–water partition coefficient (Wildman–Crippen LogP) is 5.08. The Bertz CT molecular complexity index is 1160. The van der Waals surface area contributed by atoms with Crippen molar-refractivity contribution >= 4 is 41.1 Å².